The van der Waals surface area contributed by atoms with Crippen molar-refractivity contribution in [2.75, 3.05) is 0 Å². The van der Waals surface area contributed by atoms with Gasteiger partial charge in [0.15, 0.2) is 0 Å². The highest BCUT2D eigenvalue weighted by Crippen LogP contribution is 2.29. The zero-order valence-corrected chi connectivity index (χ0v) is 14.1. The highest BCUT2D eigenvalue weighted by atomic mass is 32.1. The number of hydrogen-bond acceptors (Lipinski definition) is 6. The highest BCUT2D eigenvalue weighted by molar-refractivity contribution is 7.13. The lowest BCUT2D eigenvalue weighted by atomic mass is 10.1. The van der Waals surface area contributed by atoms with Crippen molar-refractivity contribution < 1.29 is 14.5 Å². The number of aromatic nitrogens is 1. The van der Waals surface area contributed by atoms with E-state index in [-0.39, 0.29) is 23.4 Å². The summed E-state index contributed by atoms with van der Waals surface area (Å²) in [7, 11) is 0. The van der Waals surface area contributed by atoms with Gasteiger partial charge in [-0.25, -0.2) is 4.98 Å². The van der Waals surface area contributed by atoms with Gasteiger partial charge in [-0.05, 0) is 6.07 Å². The van der Waals surface area contributed by atoms with Crippen molar-refractivity contribution >= 4 is 28.8 Å². The average molecular weight is 365 g/mol. The minimum atomic E-state index is -0.590. The van der Waals surface area contributed by atoms with Gasteiger partial charge in [0.05, 0.1) is 28.3 Å². The first-order chi connectivity index (χ1) is 12.5. The van der Waals surface area contributed by atoms with Crippen LogP contribution in [0.25, 0.3) is 10.6 Å². The Labute approximate surface area is 151 Å². The zero-order valence-electron chi connectivity index (χ0n) is 13.3. The van der Waals surface area contributed by atoms with Crippen LogP contribution in [0.15, 0.2) is 53.9 Å². The minimum absolute atomic E-state index is 0.0312. The summed E-state index contributed by atoms with van der Waals surface area (Å²) in [4.78, 5) is 40.9. The van der Waals surface area contributed by atoms with Crippen molar-refractivity contribution in [1.29, 1.82) is 0 Å². The summed E-state index contributed by atoms with van der Waals surface area (Å²) in [6, 6.07) is 13.3. The molecule has 128 valence electrons. The molecule has 8 heteroatoms. The van der Waals surface area contributed by atoms with Crippen molar-refractivity contribution in [3.05, 3.63) is 80.8 Å². The van der Waals surface area contributed by atoms with Crippen LogP contribution in [0.5, 0.6) is 0 Å². The number of hydrogen-bond donors (Lipinski definition) is 0. The molecule has 0 atom stereocenters. The van der Waals surface area contributed by atoms with Crippen molar-refractivity contribution in [1.82, 2.24) is 9.88 Å². The van der Waals surface area contributed by atoms with Crippen LogP contribution in [0.1, 0.15) is 26.4 Å². The Morgan fingerprint density at radius 3 is 2.50 bits per heavy atom. The third-order valence-electron chi connectivity index (χ3n) is 4.06. The maximum absolute atomic E-state index is 12.5. The van der Waals surface area contributed by atoms with E-state index in [4.69, 9.17) is 0 Å². The van der Waals surface area contributed by atoms with Crippen molar-refractivity contribution in [3.8, 4) is 10.6 Å². The lowest BCUT2D eigenvalue weighted by Crippen LogP contribution is -2.29. The summed E-state index contributed by atoms with van der Waals surface area (Å²) in [6.45, 7) is 0.0312. The van der Waals surface area contributed by atoms with Crippen molar-refractivity contribution in [2.24, 2.45) is 0 Å². The second-order valence-corrected chi connectivity index (χ2v) is 6.55. The Balaban J connectivity index is 1.60. The van der Waals surface area contributed by atoms with Gasteiger partial charge in [-0.3, -0.25) is 24.6 Å². The molecule has 2 heterocycles. The van der Waals surface area contributed by atoms with E-state index in [1.54, 1.807) is 5.38 Å². The molecular weight excluding hydrogens is 354 g/mol. The van der Waals surface area contributed by atoms with Crippen LogP contribution in [-0.4, -0.2) is 26.6 Å². The van der Waals surface area contributed by atoms with Gasteiger partial charge in [0.25, 0.3) is 17.5 Å². The molecule has 26 heavy (non-hydrogen) atoms. The fraction of sp³-hybridized carbons (Fsp3) is 0.0556. The molecule has 0 bridgehead atoms. The number of amides is 2. The second-order valence-electron chi connectivity index (χ2n) is 5.69. The molecule has 0 spiro atoms. The lowest BCUT2D eigenvalue weighted by molar-refractivity contribution is -0.384. The normalized spacial score (nSPS) is 13.2. The third kappa shape index (κ3) is 2.66. The Morgan fingerprint density at radius 2 is 1.77 bits per heavy atom. The molecule has 2 amide bonds. The number of carbonyl (C=O) groups is 2. The maximum Gasteiger partial charge on any atom is 0.270 e. The van der Waals surface area contributed by atoms with E-state index in [9.17, 15) is 19.7 Å². The monoisotopic (exact) mass is 365 g/mol. The predicted molar refractivity (Wildman–Crippen MR) is 94.9 cm³/mol. The fourth-order valence-corrected chi connectivity index (χ4v) is 3.61. The summed E-state index contributed by atoms with van der Waals surface area (Å²) >= 11 is 1.43. The van der Waals surface area contributed by atoms with E-state index < -0.39 is 16.7 Å². The number of nitro groups is 1. The van der Waals surface area contributed by atoms with Gasteiger partial charge in [0, 0.05) is 23.1 Å². The molecule has 1 aromatic heterocycles. The number of thiazole rings is 1. The summed E-state index contributed by atoms with van der Waals surface area (Å²) in [5.74, 6) is -1.00. The number of fused-ring (bicyclic) bond motifs is 1. The molecule has 0 saturated carbocycles. The predicted octanol–water partition coefficient (Wildman–Crippen LogP) is 3.51. The first kappa shape index (κ1) is 16.1. The van der Waals surface area contributed by atoms with E-state index in [1.165, 1.54) is 23.5 Å². The number of nitrogens with zero attached hydrogens (tertiary/aromatic N) is 3. The largest absolute Gasteiger partial charge is 0.270 e. The Morgan fingerprint density at radius 1 is 1.04 bits per heavy atom. The zero-order chi connectivity index (χ0) is 18.3. The number of carbonyl (C=O) groups excluding carboxylic acids is 2. The van der Waals surface area contributed by atoms with Gasteiger partial charge in [-0.15, -0.1) is 11.3 Å². The molecule has 0 saturated heterocycles. The van der Waals surface area contributed by atoms with Gasteiger partial charge in [-0.2, -0.15) is 0 Å². The Kier molecular flexibility index (Phi) is 3.81. The first-order valence-corrected chi connectivity index (χ1v) is 8.57. The summed E-state index contributed by atoms with van der Waals surface area (Å²) < 4.78 is 0. The van der Waals surface area contributed by atoms with Crippen LogP contribution in [0.2, 0.25) is 0 Å². The minimum Gasteiger partial charge on any atom is -0.269 e. The van der Waals surface area contributed by atoms with Crippen LogP contribution >= 0.6 is 11.3 Å². The molecule has 1 aliphatic heterocycles. The number of benzene rings is 2. The second kappa shape index (κ2) is 6.16. The van der Waals surface area contributed by atoms with Crippen LogP contribution < -0.4 is 0 Å². The van der Waals surface area contributed by atoms with E-state index in [1.807, 2.05) is 30.3 Å². The number of imide groups is 1. The fourth-order valence-electron chi connectivity index (χ4n) is 2.79. The Bertz CT molecular complexity index is 1050. The van der Waals surface area contributed by atoms with Gasteiger partial charge in [0.1, 0.15) is 5.01 Å². The first-order valence-electron chi connectivity index (χ1n) is 7.69. The van der Waals surface area contributed by atoms with E-state index in [0.717, 1.165) is 21.5 Å². The van der Waals surface area contributed by atoms with Crippen molar-refractivity contribution in [3.63, 3.8) is 0 Å². The van der Waals surface area contributed by atoms with E-state index in [0.29, 0.717) is 5.69 Å². The molecule has 7 nitrogen and oxygen atoms in total. The van der Waals surface area contributed by atoms with Gasteiger partial charge in [-0.1, -0.05) is 30.3 Å². The quantitative estimate of drug-likeness (QED) is 0.401. The van der Waals surface area contributed by atoms with Crippen LogP contribution in [0.4, 0.5) is 5.69 Å². The average Bonchev–Trinajstić information content (AvgIpc) is 3.22. The topological polar surface area (TPSA) is 93.4 Å². The summed E-state index contributed by atoms with van der Waals surface area (Å²) in [5, 5.41) is 13.5. The van der Waals surface area contributed by atoms with E-state index in [2.05, 4.69) is 4.98 Å². The highest BCUT2D eigenvalue weighted by Gasteiger charge is 2.37. The number of rotatable bonds is 4. The van der Waals surface area contributed by atoms with Gasteiger partial charge in [0.2, 0.25) is 0 Å². The third-order valence-corrected chi connectivity index (χ3v) is 5.00. The molecule has 0 fully saturated rings. The van der Waals surface area contributed by atoms with Crippen LogP contribution in [0.3, 0.4) is 0 Å². The smallest absolute Gasteiger partial charge is 0.269 e. The molecule has 0 aliphatic carbocycles. The summed E-state index contributed by atoms with van der Waals surface area (Å²) in [5.41, 5.74) is 1.58. The molecule has 0 radical (unpaired) electrons. The van der Waals surface area contributed by atoms with Crippen LogP contribution in [0, 0.1) is 10.1 Å². The molecule has 3 aromatic rings. The number of nitro benzene ring substituents is 1. The molecule has 2 aromatic carbocycles. The molecule has 0 unspecified atom stereocenters. The number of non-ortho nitro benzene ring substituents is 1. The molecule has 1 aliphatic rings. The van der Waals surface area contributed by atoms with Crippen molar-refractivity contribution in [2.45, 2.75) is 6.54 Å². The maximum atomic E-state index is 12.5. The van der Waals surface area contributed by atoms with Gasteiger partial charge >= 0.3 is 0 Å². The van der Waals surface area contributed by atoms with Gasteiger partial charge < -0.3 is 0 Å². The SMILES string of the molecule is O=C1c2ccc([N+](=O)[O-])cc2C(=O)N1Cc1csc(-c2ccccc2)n1. The summed E-state index contributed by atoms with van der Waals surface area (Å²) in [6.07, 6.45) is 0. The Hall–Kier alpha value is -3.39. The molecule has 0 N–H and O–H groups in total. The molecule has 4 rings (SSSR count). The van der Waals surface area contributed by atoms with Crippen LogP contribution in [-0.2, 0) is 6.54 Å². The molecular formula is C18H11N3O4S. The lowest BCUT2D eigenvalue weighted by Gasteiger charge is -2.11. The van der Waals surface area contributed by atoms with E-state index >= 15 is 0 Å². The standard InChI is InChI=1S/C18H11N3O4S/c22-17-14-7-6-13(21(24)25)8-15(14)18(23)20(17)9-12-10-26-16(19-12)11-4-2-1-3-5-11/h1-8,10H,9H2.